The standard InChI is InChI=1S/C42H39O10P3/c1-2-42(31-43-32-42)33-44-53(45-38-23-27-40(28-24-38)51-54(47-34-15-7-3-8-16-34)48-35-17-9-4-10-18-35)46-39-25-29-41(30-26-39)52-55(49-36-19-11-5-12-20-36)50-37-21-13-6-14-22-37/h3-30H,2,31-33H2,1H3. The van der Waals surface area contributed by atoms with Crippen molar-refractivity contribution in [3.05, 3.63) is 170 Å². The summed E-state index contributed by atoms with van der Waals surface area (Å²) in [5.74, 6) is 4.67. The summed E-state index contributed by atoms with van der Waals surface area (Å²) in [4.78, 5) is 0. The molecule has 10 nitrogen and oxygen atoms in total. The highest BCUT2D eigenvalue weighted by Crippen LogP contribution is 2.47. The number of hydrogen-bond acceptors (Lipinski definition) is 10. The molecular weight excluding hydrogens is 757 g/mol. The molecule has 0 bridgehead atoms. The lowest BCUT2D eigenvalue weighted by Gasteiger charge is -2.40. The van der Waals surface area contributed by atoms with E-state index in [1.54, 1.807) is 48.5 Å². The number of ether oxygens (including phenoxy) is 1. The van der Waals surface area contributed by atoms with Gasteiger partial charge in [0.25, 0.3) is 0 Å². The zero-order valence-electron chi connectivity index (χ0n) is 29.9. The van der Waals surface area contributed by atoms with E-state index in [0.717, 1.165) is 6.42 Å². The van der Waals surface area contributed by atoms with E-state index in [1.165, 1.54) is 0 Å². The highest BCUT2D eigenvalue weighted by Gasteiger charge is 2.39. The van der Waals surface area contributed by atoms with E-state index in [9.17, 15) is 0 Å². The molecule has 13 heteroatoms. The molecule has 1 heterocycles. The van der Waals surface area contributed by atoms with Gasteiger partial charge in [-0.3, -0.25) is 4.52 Å². The van der Waals surface area contributed by atoms with Crippen LogP contribution in [0.1, 0.15) is 13.3 Å². The van der Waals surface area contributed by atoms with Crippen LogP contribution in [-0.2, 0) is 9.26 Å². The van der Waals surface area contributed by atoms with E-state index in [2.05, 4.69) is 6.92 Å². The van der Waals surface area contributed by atoms with Crippen LogP contribution in [0.15, 0.2) is 170 Å². The maximum atomic E-state index is 6.31. The lowest BCUT2D eigenvalue weighted by Crippen LogP contribution is -2.45. The summed E-state index contributed by atoms with van der Waals surface area (Å²) in [7, 11) is -5.52. The first-order valence-corrected chi connectivity index (χ1v) is 20.8. The number of para-hydroxylation sites is 4. The highest BCUT2D eigenvalue weighted by molar-refractivity contribution is 7.43. The van der Waals surface area contributed by atoms with Gasteiger partial charge in [0, 0.05) is 5.41 Å². The maximum absolute atomic E-state index is 6.31. The second-order valence-corrected chi connectivity index (χ2v) is 15.3. The van der Waals surface area contributed by atoms with Crippen molar-refractivity contribution >= 4 is 25.8 Å². The Morgan fingerprint density at radius 1 is 0.382 bits per heavy atom. The fraction of sp³-hybridized carbons (Fsp3) is 0.143. The minimum Gasteiger partial charge on any atom is -0.418 e. The first kappa shape index (κ1) is 38.2. The lowest BCUT2D eigenvalue weighted by atomic mass is 9.84. The molecule has 6 aromatic carbocycles. The smallest absolute Gasteiger partial charge is 0.418 e. The molecule has 0 saturated carbocycles. The molecule has 6 aromatic rings. The minimum absolute atomic E-state index is 0.0773. The largest absolute Gasteiger partial charge is 0.530 e. The molecule has 1 aliphatic heterocycles. The van der Waals surface area contributed by atoms with Crippen LogP contribution in [0.2, 0.25) is 0 Å². The van der Waals surface area contributed by atoms with E-state index in [1.807, 2.05) is 121 Å². The third-order valence-electron chi connectivity index (χ3n) is 8.10. The van der Waals surface area contributed by atoms with Crippen LogP contribution in [0, 0.1) is 5.41 Å². The van der Waals surface area contributed by atoms with Gasteiger partial charge < -0.3 is 40.9 Å². The van der Waals surface area contributed by atoms with Crippen molar-refractivity contribution in [3.8, 4) is 46.0 Å². The molecule has 0 unspecified atom stereocenters. The van der Waals surface area contributed by atoms with Gasteiger partial charge in [-0.1, -0.05) is 79.7 Å². The Hall–Kier alpha value is -5.07. The highest BCUT2D eigenvalue weighted by atomic mass is 31.2. The number of hydrogen-bond donors (Lipinski definition) is 0. The van der Waals surface area contributed by atoms with Crippen LogP contribution in [-0.4, -0.2) is 19.8 Å². The fourth-order valence-corrected chi connectivity index (χ4v) is 7.99. The summed E-state index contributed by atoms with van der Waals surface area (Å²) >= 11 is 0. The van der Waals surface area contributed by atoms with Gasteiger partial charge in [-0.05, 0) is 103 Å². The molecule has 55 heavy (non-hydrogen) atoms. The van der Waals surface area contributed by atoms with Gasteiger partial charge in [-0.15, -0.1) is 0 Å². The normalized spacial score (nSPS) is 13.1. The minimum atomic E-state index is -1.87. The third-order valence-corrected chi connectivity index (χ3v) is 11.3. The lowest BCUT2D eigenvalue weighted by molar-refractivity contribution is -0.134. The molecule has 282 valence electrons. The van der Waals surface area contributed by atoms with Gasteiger partial charge in [-0.2, -0.15) is 0 Å². The van der Waals surface area contributed by atoms with E-state index in [-0.39, 0.29) is 5.41 Å². The predicted molar refractivity (Wildman–Crippen MR) is 214 cm³/mol. The van der Waals surface area contributed by atoms with Crippen LogP contribution in [0.5, 0.6) is 46.0 Å². The number of rotatable bonds is 20. The van der Waals surface area contributed by atoms with Crippen molar-refractivity contribution < 1.29 is 45.5 Å². The summed E-state index contributed by atoms with van der Waals surface area (Å²) < 4.78 is 61.1. The first-order chi connectivity index (χ1) is 27.1. The van der Waals surface area contributed by atoms with Crippen LogP contribution in [0.3, 0.4) is 0 Å². The van der Waals surface area contributed by atoms with Crippen molar-refractivity contribution in [1.82, 2.24) is 0 Å². The zero-order chi connectivity index (χ0) is 37.5. The van der Waals surface area contributed by atoms with Crippen molar-refractivity contribution in [2.45, 2.75) is 13.3 Å². The van der Waals surface area contributed by atoms with Crippen molar-refractivity contribution in [1.29, 1.82) is 0 Å². The molecule has 0 atom stereocenters. The molecule has 0 N–H and O–H groups in total. The summed E-state index contributed by atoms with van der Waals surface area (Å²) in [6.45, 7) is 3.81. The van der Waals surface area contributed by atoms with E-state index < -0.39 is 25.8 Å². The first-order valence-electron chi connectivity index (χ1n) is 17.5. The zero-order valence-corrected chi connectivity index (χ0v) is 32.6. The average molecular weight is 797 g/mol. The summed E-state index contributed by atoms with van der Waals surface area (Å²) in [6.07, 6.45) is 0.909. The van der Waals surface area contributed by atoms with Gasteiger partial charge in [0.2, 0.25) is 0 Å². The van der Waals surface area contributed by atoms with Crippen LogP contribution in [0.4, 0.5) is 0 Å². The Labute approximate surface area is 324 Å². The van der Waals surface area contributed by atoms with Crippen LogP contribution in [0.25, 0.3) is 0 Å². The van der Waals surface area contributed by atoms with Crippen molar-refractivity contribution in [2.24, 2.45) is 5.41 Å². The SMILES string of the molecule is CCC1(COP(Oc2ccc(OP(Oc3ccccc3)Oc3ccccc3)cc2)Oc2ccc(OP(Oc3ccccc3)Oc3ccccc3)cc2)COC1. The van der Waals surface area contributed by atoms with Gasteiger partial charge in [0.05, 0.1) is 19.8 Å². The van der Waals surface area contributed by atoms with Gasteiger partial charge in [-0.25, -0.2) is 0 Å². The molecule has 1 aliphatic rings. The molecule has 0 amide bonds. The maximum Gasteiger partial charge on any atom is 0.530 e. The van der Waals surface area contributed by atoms with Gasteiger partial charge in [0.1, 0.15) is 46.0 Å². The van der Waals surface area contributed by atoms with Crippen LogP contribution >= 0.6 is 25.8 Å². The molecule has 1 fully saturated rings. The average Bonchev–Trinajstić information content (AvgIpc) is 3.20. The molecule has 1 saturated heterocycles. The predicted octanol–water partition coefficient (Wildman–Crippen LogP) is 12.3. The monoisotopic (exact) mass is 796 g/mol. The van der Waals surface area contributed by atoms with E-state index in [4.69, 9.17) is 45.5 Å². The molecule has 0 aliphatic carbocycles. The third kappa shape index (κ3) is 11.7. The van der Waals surface area contributed by atoms with Gasteiger partial charge in [0.15, 0.2) is 0 Å². The molecule has 0 radical (unpaired) electrons. The Morgan fingerprint density at radius 2 is 0.636 bits per heavy atom. The van der Waals surface area contributed by atoms with Crippen molar-refractivity contribution in [2.75, 3.05) is 19.8 Å². The summed E-state index contributed by atoms with van der Waals surface area (Å²) in [5, 5.41) is 0. The molecule has 0 spiro atoms. The number of benzene rings is 6. The molecular formula is C42H39O10P3. The topological polar surface area (TPSA) is 92.3 Å². The Kier molecular flexibility index (Phi) is 13.5. The van der Waals surface area contributed by atoms with E-state index in [0.29, 0.717) is 65.8 Å². The fourth-order valence-electron chi connectivity index (χ4n) is 4.89. The summed E-state index contributed by atoms with van der Waals surface area (Å²) in [5.41, 5.74) is -0.0773. The summed E-state index contributed by atoms with van der Waals surface area (Å²) in [6, 6.07) is 51.9. The quantitative estimate of drug-likeness (QED) is 0.0695. The Balaban J connectivity index is 1.01. The second kappa shape index (κ2) is 19.5. The Bertz CT molecular complexity index is 1770. The van der Waals surface area contributed by atoms with Crippen molar-refractivity contribution in [3.63, 3.8) is 0 Å². The second-order valence-electron chi connectivity index (χ2n) is 12.2. The molecule has 7 rings (SSSR count). The molecule has 0 aromatic heterocycles. The Morgan fingerprint density at radius 3 is 0.873 bits per heavy atom. The van der Waals surface area contributed by atoms with Crippen LogP contribution < -0.4 is 36.2 Å². The van der Waals surface area contributed by atoms with Gasteiger partial charge >= 0.3 is 25.8 Å². The van der Waals surface area contributed by atoms with E-state index >= 15 is 0 Å².